The van der Waals surface area contributed by atoms with E-state index >= 15 is 0 Å². The molecule has 0 aromatic heterocycles. The molecule has 0 aromatic carbocycles. The predicted octanol–water partition coefficient (Wildman–Crippen LogP) is 3.91. The molecular weight excluding hydrogens is 148 g/mol. The van der Waals surface area contributed by atoms with Crippen LogP contribution in [0.2, 0.25) is 0 Å². The molecule has 0 heterocycles. The Morgan fingerprint density at radius 3 is 2.17 bits per heavy atom. The zero-order valence-corrected chi connectivity index (χ0v) is 8.55. The van der Waals surface area contributed by atoms with Crippen molar-refractivity contribution in [3.63, 3.8) is 0 Å². The predicted molar refractivity (Wildman–Crippen MR) is 53.4 cm³/mol. The van der Waals surface area contributed by atoms with Crippen LogP contribution in [0.15, 0.2) is 0 Å². The van der Waals surface area contributed by atoms with E-state index in [1.165, 1.54) is 38.7 Å². The Bertz CT molecular complexity index is 79.1. The number of hydrogen-bond donors (Lipinski definition) is 1. The summed E-state index contributed by atoms with van der Waals surface area (Å²) in [6, 6.07) is 0. The number of aliphatic hydroxyl groups is 1. The third-order valence-electron chi connectivity index (χ3n) is 2.11. The lowest BCUT2D eigenvalue weighted by Gasteiger charge is -2.03. The number of rotatable bonds is 8. The molecule has 1 nitrogen and oxygen atoms in total. The summed E-state index contributed by atoms with van der Waals surface area (Å²) in [5.41, 5.74) is 0. The van der Waals surface area contributed by atoms with Crippen LogP contribution in [0.25, 0.3) is 0 Å². The third-order valence-corrected chi connectivity index (χ3v) is 2.11. The highest BCUT2D eigenvalue weighted by Gasteiger charge is 1.94. The minimum absolute atomic E-state index is 0.857. The van der Waals surface area contributed by atoms with Crippen LogP contribution in [0.1, 0.15) is 58.8 Å². The maximum Gasteiger partial charge on any atom is 0.0799 e. The molecule has 0 aliphatic rings. The molecule has 0 atom stereocenters. The van der Waals surface area contributed by atoms with Gasteiger partial charge in [0.1, 0.15) is 0 Å². The molecule has 0 unspecified atom stereocenters. The van der Waals surface area contributed by atoms with E-state index in [0.29, 0.717) is 0 Å². The first-order valence-electron chi connectivity index (χ1n) is 5.23. The van der Waals surface area contributed by atoms with Gasteiger partial charge < -0.3 is 5.11 Å². The van der Waals surface area contributed by atoms with E-state index in [0.717, 1.165) is 18.8 Å². The summed E-state index contributed by atoms with van der Waals surface area (Å²) < 4.78 is 0. The highest BCUT2D eigenvalue weighted by atomic mass is 16.2. The Morgan fingerprint density at radius 1 is 1.00 bits per heavy atom. The molecule has 12 heavy (non-hydrogen) atoms. The fourth-order valence-corrected chi connectivity index (χ4v) is 1.32. The quantitative estimate of drug-likeness (QED) is 0.549. The van der Waals surface area contributed by atoms with Crippen molar-refractivity contribution in [3.05, 3.63) is 6.61 Å². The van der Waals surface area contributed by atoms with Gasteiger partial charge in [-0.15, -0.1) is 0 Å². The summed E-state index contributed by atoms with van der Waals surface area (Å²) in [5.74, 6) is 0.857. The van der Waals surface area contributed by atoms with Gasteiger partial charge in [0.15, 0.2) is 0 Å². The fourth-order valence-electron chi connectivity index (χ4n) is 1.32. The van der Waals surface area contributed by atoms with Crippen molar-refractivity contribution in [2.75, 3.05) is 0 Å². The lowest BCUT2D eigenvalue weighted by atomic mass is 10.0. The fraction of sp³-hybridized carbons (Fsp3) is 0.909. The monoisotopic (exact) mass is 171 g/mol. The lowest BCUT2D eigenvalue weighted by molar-refractivity contribution is 0.366. The lowest BCUT2D eigenvalue weighted by Crippen LogP contribution is -1.87. The van der Waals surface area contributed by atoms with Crippen molar-refractivity contribution < 1.29 is 5.11 Å². The summed E-state index contributed by atoms with van der Waals surface area (Å²) in [4.78, 5) is 0. The maximum absolute atomic E-state index is 8.42. The van der Waals surface area contributed by atoms with E-state index in [1.807, 2.05) is 0 Å². The molecule has 0 saturated heterocycles. The highest BCUT2D eigenvalue weighted by molar-refractivity contribution is 4.51. The molecule has 0 aliphatic heterocycles. The van der Waals surface area contributed by atoms with Gasteiger partial charge in [-0.2, -0.15) is 0 Å². The number of unbranched alkanes of at least 4 members (excludes halogenated alkanes) is 5. The largest absolute Gasteiger partial charge is 0.390 e. The van der Waals surface area contributed by atoms with Crippen molar-refractivity contribution in [3.8, 4) is 0 Å². The Morgan fingerprint density at radius 2 is 1.58 bits per heavy atom. The molecule has 0 fully saturated rings. The molecule has 1 N–H and O–H groups in total. The molecule has 0 amide bonds. The Hall–Kier alpha value is -0.0400. The van der Waals surface area contributed by atoms with Gasteiger partial charge in [0.05, 0.1) is 6.61 Å². The standard InChI is InChI=1S/C11H23O/c1-11(2)9-7-5-3-4-6-8-10-12/h10-12H,3-9H2,1-2H3. The van der Waals surface area contributed by atoms with Crippen LogP contribution in [0.5, 0.6) is 0 Å². The van der Waals surface area contributed by atoms with Crippen LogP contribution in [0, 0.1) is 12.5 Å². The van der Waals surface area contributed by atoms with E-state index in [4.69, 9.17) is 5.11 Å². The molecule has 0 rings (SSSR count). The Labute approximate surface area is 77.2 Å². The molecular formula is C11H23O. The second kappa shape index (κ2) is 9.05. The van der Waals surface area contributed by atoms with Crippen molar-refractivity contribution in [2.45, 2.75) is 58.8 Å². The minimum atomic E-state index is 0.857. The average Bonchev–Trinajstić information content (AvgIpc) is 2.02. The van der Waals surface area contributed by atoms with Crippen LogP contribution in [-0.2, 0) is 0 Å². The van der Waals surface area contributed by atoms with Gasteiger partial charge in [-0.25, -0.2) is 0 Å². The first-order chi connectivity index (χ1) is 5.77. The second-order valence-corrected chi connectivity index (χ2v) is 3.92. The molecule has 0 aromatic rings. The molecule has 0 spiro atoms. The van der Waals surface area contributed by atoms with Crippen LogP contribution in [0.4, 0.5) is 0 Å². The van der Waals surface area contributed by atoms with Crippen LogP contribution >= 0.6 is 0 Å². The average molecular weight is 171 g/mol. The molecule has 0 bridgehead atoms. The van der Waals surface area contributed by atoms with Crippen molar-refractivity contribution in [1.29, 1.82) is 0 Å². The molecule has 1 radical (unpaired) electrons. The van der Waals surface area contributed by atoms with Gasteiger partial charge in [0.25, 0.3) is 0 Å². The zero-order chi connectivity index (χ0) is 9.23. The molecule has 1 heteroatoms. The first-order valence-corrected chi connectivity index (χ1v) is 5.23. The summed E-state index contributed by atoms with van der Waals surface area (Å²) in [7, 11) is 0. The van der Waals surface area contributed by atoms with Gasteiger partial charge >= 0.3 is 0 Å². The SMILES string of the molecule is CC(C)CCCCCCC[CH]O. The van der Waals surface area contributed by atoms with E-state index < -0.39 is 0 Å². The molecule has 73 valence electrons. The van der Waals surface area contributed by atoms with Crippen LogP contribution in [0.3, 0.4) is 0 Å². The van der Waals surface area contributed by atoms with Crippen molar-refractivity contribution >= 4 is 0 Å². The van der Waals surface area contributed by atoms with Crippen LogP contribution < -0.4 is 0 Å². The Kier molecular flexibility index (Phi) is 9.02. The van der Waals surface area contributed by atoms with Gasteiger partial charge in [-0.1, -0.05) is 52.4 Å². The number of aliphatic hydroxyl groups excluding tert-OH is 1. The smallest absolute Gasteiger partial charge is 0.0799 e. The first kappa shape index (κ1) is 12.0. The van der Waals surface area contributed by atoms with E-state index in [1.54, 1.807) is 0 Å². The Balaban J connectivity index is 2.82. The maximum atomic E-state index is 8.42. The van der Waals surface area contributed by atoms with E-state index in [2.05, 4.69) is 13.8 Å². The van der Waals surface area contributed by atoms with Gasteiger partial charge in [0, 0.05) is 0 Å². The zero-order valence-electron chi connectivity index (χ0n) is 8.55. The van der Waals surface area contributed by atoms with Crippen molar-refractivity contribution in [2.24, 2.45) is 5.92 Å². The molecule has 0 saturated carbocycles. The highest BCUT2D eigenvalue weighted by Crippen LogP contribution is 2.11. The van der Waals surface area contributed by atoms with Gasteiger partial charge in [-0.3, -0.25) is 0 Å². The molecule has 0 aliphatic carbocycles. The minimum Gasteiger partial charge on any atom is -0.390 e. The number of hydrogen-bond acceptors (Lipinski definition) is 1. The second-order valence-electron chi connectivity index (χ2n) is 3.92. The van der Waals surface area contributed by atoms with Gasteiger partial charge in [0.2, 0.25) is 0 Å². The van der Waals surface area contributed by atoms with E-state index in [-0.39, 0.29) is 0 Å². The van der Waals surface area contributed by atoms with E-state index in [9.17, 15) is 0 Å². The normalized spacial score (nSPS) is 11.0. The summed E-state index contributed by atoms with van der Waals surface area (Å²) in [6.07, 6.45) is 8.73. The van der Waals surface area contributed by atoms with Crippen molar-refractivity contribution in [1.82, 2.24) is 0 Å². The summed E-state index contributed by atoms with van der Waals surface area (Å²) in [5, 5.41) is 8.42. The third kappa shape index (κ3) is 9.96. The topological polar surface area (TPSA) is 20.2 Å². The van der Waals surface area contributed by atoms with Crippen LogP contribution in [-0.4, -0.2) is 5.11 Å². The summed E-state index contributed by atoms with van der Waals surface area (Å²) in [6.45, 7) is 5.83. The van der Waals surface area contributed by atoms with Gasteiger partial charge in [-0.05, 0) is 12.3 Å². The summed E-state index contributed by atoms with van der Waals surface area (Å²) >= 11 is 0.